The normalized spacial score (nSPS) is 7.20. The molecule has 0 unspecified atom stereocenters. The molecule has 0 aliphatic heterocycles. The zero-order valence-electron chi connectivity index (χ0n) is 2.58. The van der Waals surface area contributed by atoms with Gasteiger partial charge >= 0.3 is 63.3 Å². The minimum absolute atomic E-state index is 0. The van der Waals surface area contributed by atoms with E-state index < -0.39 is 9.18 Å². The molecule has 0 N–H and O–H groups in total. The van der Waals surface area contributed by atoms with Crippen LogP contribution >= 0.6 is 54.1 Å². The van der Waals surface area contributed by atoms with Crippen molar-refractivity contribution in [3.05, 3.63) is 0 Å². The van der Waals surface area contributed by atoms with E-state index in [4.69, 9.17) is 0 Å². The van der Waals surface area contributed by atoms with Crippen LogP contribution in [0, 0.1) is 0 Å². The summed E-state index contributed by atoms with van der Waals surface area (Å²) in [5.41, 5.74) is 0. The van der Waals surface area contributed by atoms with Gasteiger partial charge in [-0.1, -0.05) is 0 Å². The Morgan fingerprint density at radius 1 is 1.00 bits per heavy atom. The van der Waals surface area contributed by atoms with Crippen LogP contribution in [0.4, 0.5) is 0 Å². The second-order valence-electron chi connectivity index (χ2n) is 0.192. The van der Waals surface area contributed by atoms with E-state index in [2.05, 4.69) is 54.1 Å². The molecule has 27 valence electrons. The fraction of sp³-hybridized carbons (Fsp3) is 0. The van der Waals surface area contributed by atoms with Gasteiger partial charge in [-0.15, -0.1) is 0 Å². The van der Waals surface area contributed by atoms with Crippen molar-refractivity contribution in [3.63, 3.8) is 0 Å². The number of halogens is 3. The summed E-state index contributed by atoms with van der Waals surface area (Å²) in [6.07, 6.45) is 0. The summed E-state index contributed by atoms with van der Waals surface area (Å²) in [7, 11) is -0.683. The molecule has 0 nitrogen and oxygen atoms in total. The Hall–Kier alpha value is 4.88. The third kappa shape index (κ3) is 17.7. The Bertz CT molecular complexity index is 11.6. The molecule has 0 saturated heterocycles. The largest absolute Gasteiger partial charge is 0 e. The van der Waals surface area contributed by atoms with Gasteiger partial charge in [0.15, 0.2) is 0 Å². The van der Waals surface area contributed by atoms with Crippen LogP contribution in [0.3, 0.4) is 0 Å². The maximum Gasteiger partial charge on any atom is 0 e. The van der Waals surface area contributed by atoms with Crippen LogP contribution in [0.25, 0.3) is 0 Å². The third-order valence-corrected chi connectivity index (χ3v) is 0. The predicted molar refractivity (Wildman–Crippen MR) is 53.6 cm³/mol. The first-order chi connectivity index (χ1) is 1.73. The van der Waals surface area contributed by atoms with Gasteiger partial charge in [0.2, 0.25) is 0 Å². The first-order valence-corrected chi connectivity index (χ1v) is 29.8. The molecule has 5 heavy (non-hydrogen) atoms. The van der Waals surface area contributed by atoms with Crippen molar-refractivity contribution in [3.8, 4) is 0 Å². The summed E-state index contributed by atoms with van der Waals surface area (Å²) in [5, 5.41) is 0. The SMILES string of the molecule is [I][Bi]([I])[I].[Rb]. The maximum atomic E-state index is 2.52. The molecule has 1 radical (unpaired) electrons. The standard InChI is InChI=1S/Bi.3HI.Rb/h;3*1H;/q+3;;;;/p-3. The molecule has 0 amide bonds. The quantitative estimate of drug-likeness (QED) is 0.272. The van der Waals surface area contributed by atoms with Crippen molar-refractivity contribution in [2.75, 3.05) is 0 Å². The van der Waals surface area contributed by atoms with Crippen LogP contribution in [0.5, 0.6) is 0 Å². The van der Waals surface area contributed by atoms with E-state index >= 15 is 0 Å². The summed E-state index contributed by atoms with van der Waals surface area (Å²) < 4.78 is 0. The Morgan fingerprint density at radius 2 is 1.00 bits per heavy atom. The van der Waals surface area contributed by atoms with Crippen LogP contribution in [0.1, 0.15) is 0 Å². The molecular weight excluding hydrogens is 675 g/mol. The average Bonchev–Trinajstić information content (AvgIpc) is 0.811. The van der Waals surface area contributed by atoms with Crippen molar-refractivity contribution >= 4 is 122 Å². The van der Waals surface area contributed by atoms with Gasteiger partial charge in [0.1, 0.15) is 0 Å². The molecule has 0 aliphatic rings. The summed E-state index contributed by atoms with van der Waals surface area (Å²) in [6.45, 7) is 0. The molecule has 0 aromatic carbocycles. The van der Waals surface area contributed by atoms with Gasteiger partial charge < -0.3 is 0 Å². The zero-order valence-corrected chi connectivity index (χ0v) is 17.4. The summed E-state index contributed by atoms with van der Waals surface area (Å²) in [6, 6.07) is 0. The monoisotopic (exact) mass is 675 g/mol. The van der Waals surface area contributed by atoms with E-state index in [1.54, 1.807) is 0 Å². The van der Waals surface area contributed by atoms with Crippen LogP contribution in [-0.2, 0) is 0 Å². The van der Waals surface area contributed by atoms with E-state index in [0.29, 0.717) is 0 Å². The Balaban J connectivity index is 0. The molecule has 0 heterocycles. The van der Waals surface area contributed by atoms with E-state index in [1.165, 1.54) is 0 Å². The maximum absolute atomic E-state index is 2.52. The number of rotatable bonds is 0. The third-order valence-electron chi connectivity index (χ3n) is 0. The Kier molecular flexibility index (Phi) is 22.3. The molecular formula is BiI3Rb. The van der Waals surface area contributed by atoms with Crippen molar-refractivity contribution in [2.24, 2.45) is 0 Å². The zero-order chi connectivity index (χ0) is 3.58. The van der Waals surface area contributed by atoms with E-state index in [9.17, 15) is 0 Å². The summed E-state index contributed by atoms with van der Waals surface area (Å²) in [4.78, 5) is 0. The second kappa shape index (κ2) is 8.88. The van der Waals surface area contributed by atoms with Gasteiger partial charge in [0, 0.05) is 58.2 Å². The van der Waals surface area contributed by atoms with Gasteiger partial charge in [-0.05, 0) is 0 Å². The Morgan fingerprint density at radius 3 is 1.00 bits per heavy atom. The van der Waals surface area contributed by atoms with Gasteiger partial charge in [-0.3, -0.25) is 0 Å². The van der Waals surface area contributed by atoms with E-state index in [0.717, 1.165) is 0 Å². The molecule has 0 aliphatic carbocycles. The van der Waals surface area contributed by atoms with Crippen LogP contribution in [0.15, 0.2) is 0 Å². The number of hydrogen-bond acceptors (Lipinski definition) is 0. The average molecular weight is 675 g/mol. The molecule has 0 bridgehead atoms. The minimum Gasteiger partial charge on any atom is 0 e. The van der Waals surface area contributed by atoms with E-state index in [-0.39, 0.29) is 58.2 Å². The summed E-state index contributed by atoms with van der Waals surface area (Å²) in [5.74, 6) is 0. The van der Waals surface area contributed by atoms with Crippen LogP contribution in [-0.4, -0.2) is 67.4 Å². The molecule has 0 spiro atoms. The summed E-state index contributed by atoms with van der Waals surface area (Å²) >= 11 is 7.56. The van der Waals surface area contributed by atoms with Crippen molar-refractivity contribution in [1.29, 1.82) is 0 Å². The first-order valence-electron chi connectivity index (χ1n) is 0.507. The van der Waals surface area contributed by atoms with Crippen LogP contribution < -0.4 is 0 Å². The fourth-order valence-corrected chi connectivity index (χ4v) is 0. The van der Waals surface area contributed by atoms with Gasteiger partial charge in [-0.25, -0.2) is 0 Å². The minimum atomic E-state index is -0.683. The van der Waals surface area contributed by atoms with E-state index in [1.807, 2.05) is 0 Å². The molecule has 0 atom stereocenters. The smallest absolute Gasteiger partial charge is 0 e. The molecule has 0 aromatic rings. The topological polar surface area (TPSA) is 0 Å². The second-order valence-corrected chi connectivity index (χ2v) is 75.7. The van der Waals surface area contributed by atoms with Crippen molar-refractivity contribution in [1.82, 2.24) is 0 Å². The fourth-order valence-electron chi connectivity index (χ4n) is 0. The predicted octanol–water partition coefficient (Wildman–Crippen LogP) is 1.90. The number of hydrogen-bond donors (Lipinski definition) is 0. The molecule has 0 fully saturated rings. The van der Waals surface area contributed by atoms with Crippen molar-refractivity contribution in [2.45, 2.75) is 0 Å². The first kappa shape index (κ1) is 12.5. The van der Waals surface area contributed by atoms with Gasteiger partial charge in [0.05, 0.1) is 0 Å². The molecule has 5 heteroatoms. The molecule has 0 rings (SSSR count). The van der Waals surface area contributed by atoms with Crippen LogP contribution in [0.2, 0.25) is 0 Å². The van der Waals surface area contributed by atoms with Gasteiger partial charge in [-0.2, -0.15) is 0 Å². The molecule has 0 aromatic heterocycles. The van der Waals surface area contributed by atoms with Crippen molar-refractivity contribution < 1.29 is 0 Å². The van der Waals surface area contributed by atoms with Gasteiger partial charge in [0.25, 0.3) is 0 Å². The Labute approximate surface area is 117 Å². The molecule has 0 saturated carbocycles.